The molecule has 0 aromatic heterocycles. The van der Waals surface area contributed by atoms with Gasteiger partial charge < -0.3 is 5.73 Å². The first-order valence-corrected chi connectivity index (χ1v) is 5.65. The number of aryl methyl sites for hydroxylation is 2. The van der Waals surface area contributed by atoms with Crippen molar-refractivity contribution in [3.8, 4) is 0 Å². The Morgan fingerprint density at radius 2 is 1.53 bits per heavy atom. The molecule has 0 fully saturated rings. The van der Waals surface area contributed by atoms with Crippen LogP contribution in [0.2, 0.25) is 0 Å². The summed E-state index contributed by atoms with van der Waals surface area (Å²) in [6, 6.07) is 3.53. The Morgan fingerprint density at radius 3 is 1.88 bits per heavy atom. The number of hydrogen-bond donors (Lipinski definition) is 1. The van der Waals surface area contributed by atoms with Crippen molar-refractivity contribution in [2.24, 2.45) is 5.73 Å². The molecule has 2 N–H and O–H groups in total. The molecule has 2 amide bonds. The molecule has 0 saturated heterocycles. The second kappa shape index (κ2) is 3.96. The summed E-state index contributed by atoms with van der Waals surface area (Å²) < 4.78 is 0. The fourth-order valence-electron chi connectivity index (χ4n) is 2.18. The Kier molecular flexibility index (Phi) is 2.75. The molecule has 1 aromatic carbocycles. The highest BCUT2D eigenvalue weighted by Gasteiger charge is 2.37. The monoisotopic (exact) mass is 232 g/mol. The Hall–Kier alpha value is -1.68. The maximum atomic E-state index is 12.2. The molecule has 0 saturated carbocycles. The molecule has 1 atom stereocenters. The number of fused-ring (bicyclic) bond motifs is 1. The van der Waals surface area contributed by atoms with Gasteiger partial charge in [0.1, 0.15) is 0 Å². The number of rotatable bonds is 2. The van der Waals surface area contributed by atoms with E-state index < -0.39 is 0 Å². The summed E-state index contributed by atoms with van der Waals surface area (Å²) >= 11 is 0. The van der Waals surface area contributed by atoms with E-state index in [1.807, 2.05) is 26.0 Å². The summed E-state index contributed by atoms with van der Waals surface area (Å²) in [6.07, 6.45) is 0. The minimum atomic E-state index is -0.219. The molecule has 1 aromatic rings. The topological polar surface area (TPSA) is 63.4 Å². The molecule has 1 aliphatic heterocycles. The van der Waals surface area contributed by atoms with Crippen LogP contribution in [0.5, 0.6) is 0 Å². The van der Waals surface area contributed by atoms with E-state index in [1.165, 1.54) is 4.90 Å². The van der Waals surface area contributed by atoms with Crippen LogP contribution in [0.3, 0.4) is 0 Å². The van der Waals surface area contributed by atoms with Crippen molar-refractivity contribution >= 4 is 11.8 Å². The van der Waals surface area contributed by atoms with Crippen molar-refractivity contribution in [2.45, 2.75) is 26.8 Å². The first-order chi connectivity index (χ1) is 7.93. The van der Waals surface area contributed by atoms with Gasteiger partial charge in [-0.05, 0) is 31.9 Å². The molecule has 90 valence electrons. The van der Waals surface area contributed by atoms with Crippen LogP contribution in [0.25, 0.3) is 0 Å². The van der Waals surface area contributed by atoms with E-state index in [2.05, 4.69) is 0 Å². The van der Waals surface area contributed by atoms with Gasteiger partial charge in [-0.2, -0.15) is 0 Å². The SMILES string of the molecule is Cc1ccc(C)c2c1C(=O)N(C[C@@H](C)N)C2=O. The molecule has 2 rings (SSSR count). The first kappa shape index (κ1) is 11.8. The second-order valence-corrected chi connectivity index (χ2v) is 4.65. The molecule has 0 unspecified atom stereocenters. The lowest BCUT2D eigenvalue weighted by Gasteiger charge is -2.16. The minimum Gasteiger partial charge on any atom is -0.326 e. The van der Waals surface area contributed by atoms with Crippen molar-refractivity contribution in [1.29, 1.82) is 0 Å². The summed E-state index contributed by atoms with van der Waals surface area (Å²) in [5.41, 5.74) is 8.42. The van der Waals surface area contributed by atoms with Crippen LogP contribution in [-0.2, 0) is 0 Å². The van der Waals surface area contributed by atoms with Crippen LogP contribution < -0.4 is 5.73 Å². The number of benzene rings is 1. The number of amides is 2. The molecule has 1 heterocycles. The highest BCUT2D eigenvalue weighted by Crippen LogP contribution is 2.28. The molecule has 0 aliphatic carbocycles. The van der Waals surface area contributed by atoms with E-state index in [1.54, 1.807) is 6.92 Å². The van der Waals surface area contributed by atoms with E-state index >= 15 is 0 Å². The molecule has 0 radical (unpaired) electrons. The standard InChI is InChI=1S/C13H16N2O2/c1-7-4-5-8(2)11-10(7)12(16)15(13(11)17)6-9(3)14/h4-5,9H,6,14H2,1-3H3/t9-/m1/s1. The predicted octanol–water partition coefficient (Wildman–Crippen LogP) is 1.25. The van der Waals surface area contributed by atoms with E-state index in [9.17, 15) is 9.59 Å². The molecular weight excluding hydrogens is 216 g/mol. The van der Waals surface area contributed by atoms with Gasteiger partial charge in [0.25, 0.3) is 11.8 Å². The van der Waals surface area contributed by atoms with Crippen LogP contribution in [0.15, 0.2) is 12.1 Å². The maximum Gasteiger partial charge on any atom is 0.261 e. The van der Waals surface area contributed by atoms with Crippen LogP contribution >= 0.6 is 0 Å². The molecule has 0 bridgehead atoms. The van der Waals surface area contributed by atoms with Crippen molar-refractivity contribution in [1.82, 2.24) is 4.90 Å². The summed E-state index contributed by atoms with van der Waals surface area (Å²) in [5, 5.41) is 0. The average molecular weight is 232 g/mol. The molecule has 4 nitrogen and oxygen atoms in total. The van der Waals surface area contributed by atoms with Crippen molar-refractivity contribution in [3.63, 3.8) is 0 Å². The third-order valence-corrected chi connectivity index (χ3v) is 3.01. The predicted molar refractivity (Wildman–Crippen MR) is 64.9 cm³/mol. The molecular formula is C13H16N2O2. The van der Waals surface area contributed by atoms with Crippen LogP contribution in [0, 0.1) is 13.8 Å². The highest BCUT2D eigenvalue weighted by molar-refractivity contribution is 6.22. The van der Waals surface area contributed by atoms with Gasteiger partial charge in [0, 0.05) is 12.6 Å². The average Bonchev–Trinajstić information content (AvgIpc) is 2.49. The van der Waals surface area contributed by atoms with E-state index in [0.717, 1.165) is 11.1 Å². The minimum absolute atomic E-state index is 0.210. The molecule has 0 spiro atoms. The van der Waals surface area contributed by atoms with Gasteiger partial charge in [0.2, 0.25) is 0 Å². The lowest BCUT2D eigenvalue weighted by atomic mass is 9.99. The summed E-state index contributed by atoms with van der Waals surface area (Å²) in [4.78, 5) is 25.6. The van der Waals surface area contributed by atoms with Crippen LogP contribution in [0.4, 0.5) is 0 Å². The van der Waals surface area contributed by atoms with E-state index in [-0.39, 0.29) is 24.4 Å². The Balaban J connectivity index is 2.53. The third kappa shape index (κ3) is 1.74. The first-order valence-electron chi connectivity index (χ1n) is 5.65. The van der Waals surface area contributed by atoms with Crippen LogP contribution in [-0.4, -0.2) is 29.3 Å². The Bertz CT molecular complexity index is 465. The zero-order chi connectivity index (χ0) is 12.7. The Labute approximate surface area is 100 Å². The zero-order valence-electron chi connectivity index (χ0n) is 10.3. The summed E-state index contributed by atoms with van der Waals surface area (Å²) in [7, 11) is 0. The van der Waals surface area contributed by atoms with E-state index in [0.29, 0.717) is 11.1 Å². The number of nitrogens with zero attached hydrogens (tertiary/aromatic N) is 1. The zero-order valence-corrected chi connectivity index (χ0v) is 10.3. The summed E-state index contributed by atoms with van der Waals surface area (Å²) in [5.74, 6) is -0.438. The Morgan fingerprint density at radius 1 is 1.12 bits per heavy atom. The summed E-state index contributed by atoms with van der Waals surface area (Å²) in [6.45, 7) is 5.74. The fraction of sp³-hybridized carbons (Fsp3) is 0.385. The quantitative estimate of drug-likeness (QED) is 0.780. The normalized spacial score (nSPS) is 16.4. The molecule has 17 heavy (non-hydrogen) atoms. The van der Waals surface area contributed by atoms with Crippen molar-refractivity contribution in [2.75, 3.05) is 6.54 Å². The molecule has 4 heteroatoms. The van der Waals surface area contributed by atoms with Gasteiger partial charge in [-0.1, -0.05) is 12.1 Å². The second-order valence-electron chi connectivity index (χ2n) is 4.65. The van der Waals surface area contributed by atoms with Gasteiger partial charge in [0.05, 0.1) is 11.1 Å². The van der Waals surface area contributed by atoms with Crippen LogP contribution in [0.1, 0.15) is 38.8 Å². The number of nitrogens with two attached hydrogens (primary N) is 1. The van der Waals surface area contributed by atoms with Gasteiger partial charge in [-0.25, -0.2) is 0 Å². The smallest absolute Gasteiger partial charge is 0.261 e. The largest absolute Gasteiger partial charge is 0.326 e. The number of carbonyl (C=O) groups excluding carboxylic acids is 2. The number of carbonyl (C=O) groups is 2. The lowest BCUT2D eigenvalue weighted by molar-refractivity contribution is 0.0646. The maximum absolute atomic E-state index is 12.2. The number of hydrogen-bond acceptors (Lipinski definition) is 3. The highest BCUT2D eigenvalue weighted by atomic mass is 16.2. The van der Waals surface area contributed by atoms with Gasteiger partial charge >= 0.3 is 0 Å². The van der Waals surface area contributed by atoms with E-state index in [4.69, 9.17) is 5.73 Å². The van der Waals surface area contributed by atoms with Crippen molar-refractivity contribution in [3.05, 3.63) is 34.4 Å². The number of imide groups is 1. The third-order valence-electron chi connectivity index (χ3n) is 3.01. The fourth-order valence-corrected chi connectivity index (χ4v) is 2.18. The van der Waals surface area contributed by atoms with Gasteiger partial charge in [-0.15, -0.1) is 0 Å². The van der Waals surface area contributed by atoms with Crippen molar-refractivity contribution < 1.29 is 9.59 Å². The van der Waals surface area contributed by atoms with Gasteiger partial charge in [-0.3, -0.25) is 14.5 Å². The molecule has 1 aliphatic rings. The van der Waals surface area contributed by atoms with Gasteiger partial charge in [0.15, 0.2) is 0 Å². The lowest BCUT2D eigenvalue weighted by Crippen LogP contribution is -2.39.